The number of carbonyl (C=O) groups is 3. The number of hydrogen-bond acceptors (Lipinski definition) is 14. The van der Waals surface area contributed by atoms with Crippen LogP contribution in [0.3, 0.4) is 0 Å². The molecule has 0 amide bonds. The molecular weight excluding hydrogens is 1680 g/mol. The lowest BCUT2D eigenvalue weighted by molar-refractivity contribution is -0.161. The van der Waals surface area contributed by atoms with Gasteiger partial charge in [0.15, 0.2) is 6.10 Å². The van der Waals surface area contributed by atoms with Crippen molar-refractivity contribution >= 4 is 33.6 Å². The van der Waals surface area contributed by atoms with E-state index in [1.165, 1.54) is 205 Å². The molecule has 18 heteroatoms. The first-order valence-electron chi connectivity index (χ1n) is 52.7. The van der Waals surface area contributed by atoms with Crippen molar-refractivity contribution in [3.63, 3.8) is 0 Å². The Bertz CT molecular complexity index is 3160. The van der Waals surface area contributed by atoms with Crippen LogP contribution in [0, 0.1) is 0 Å². The van der Waals surface area contributed by atoms with Gasteiger partial charge in [0.1, 0.15) is 25.4 Å². The van der Waals surface area contributed by atoms with Crippen LogP contribution in [0.1, 0.15) is 445 Å². The quantitative estimate of drug-likeness (QED) is 0.0146. The Morgan fingerprint density at radius 3 is 0.603 bits per heavy atom. The second-order valence-corrected chi connectivity index (χ2v) is 37.8. The standard InChI is InChI=1S/C113H192O16P2/c1-4-7-10-13-16-19-22-25-28-31-34-37-40-43-46-49-51-53-55-58-60-63-66-69-72-75-78-81-84-87-90-93-96-99-111(116)123-102-108(114)103-125-130(119,120)126-104-109(115)105-127-131(121,122)128-107-110(129-113(118)101-98-95-92-89-86-83-80-77-74-71-68-65-62-57-48-45-42-39-36-33-30-27-24-21-18-15-12-9-6-3)106-124-112(117)100-97-94-91-88-85-82-79-76-73-70-67-64-61-59-56-54-52-50-47-44-41-38-35-32-29-26-23-20-17-14-11-8-5-2/h7-12,16-21,25-30,34-39,43-48,51,53,108-110,114-115H,4-6,13-15,22-24,31-33,40-42,49-50,52,54-107H2,1-3H3,(H,119,120)(H,121,122)/b10-7-,11-8-,12-9-,19-16-,20-17-,21-18-,28-25-,29-26-,30-27-,37-34-,38-35-,39-36-,46-43-,47-44-,48-45-,53-51-. The minimum atomic E-state index is -4.95. The summed E-state index contributed by atoms with van der Waals surface area (Å²) in [6.07, 6.45) is 139. The second-order valence-electron chi connectivity index (χ2n) is 34.9. The van der Waals surface area contributed by atoms with E-state index in [0.29, 0.717) is 19.3 Å². The third-order valence-electron chi connectivity index (χ3n) is 22.3. The number of hydrogen-bond donors (Lipinski definition) is 4. The van der Waals surface area contributed by atoms with Gasteiger partial charge in [-0.05, 0) is 161 Å². The molecule has 0 heterocycles. The van der Waals surface area contributed by atoms with Crippen LogP contribution in [0.15, 0.2) is 194 Å². The van der Waals surface area contributed by atoms with Crippen LogP contribution in [0.25, 0.3) is 0 Å². The van der Waals surface area contributed by atoms with E-state index >= 15 is 0 Å². The first-order valence-corrected chi connectivity index (χ1v) is 55.7. The van der Waals surface area contributed by atoms with Gasteiger partial charge in [0.05, 0.1) is 26.4 Å². The van der Waals surface area contributed by atoms with Crippen LogP contribution in [0.4, 0.5) is 0 Å². The van der Waals surface area contributed by atoms with E-state index in [1.807, 2.05) is 0 Å². The largest absolute Gasteiger partial charge is 0.472 e. The number of aliphatic hydroxyl groups excluding tert-OH is 2. The zero-order chi connectivity index (χ0) is 95.0. The predicted octanol–water partition coefficient (Wildman–Crippen LogP) is 33.7. The summed E-state index contributed by atoms with van der Waals surface area (Å²) in [5.74, 6) is -1.56. The van der Waals surface area contributed by atoms with E-state index in [-0.39, 0.29) is 19.3 Å². The molecule has 131 heavy (non-hydrogen) atoms. The van der Waals surface area contributed by atoms with Crippen molar-refractivity contribution in [3.05, 3.63) is 194 Å². The van der Waals surface area contributed by atoms with Crippen LogP contribution >= 0.6 is 15.6 Å². The summed E-state index contributed by atoms with van der Waals surface area (Å²) in [5.41, 5.74) is 0. The van der Waals surface area contributed by atoms with Crippen LogP contribution in [-0.2, 0) is 55.8 Å². The average Bonchev–Trinajstić information content (AvgIpc) is 0.899. The molecule has 16 nitrogen and oxygen atoms in total. The zero-order valence-electron chi connectivity index (χ0n) is 83.2. The van der Waals surface area contributed by atoms with Crippen LogP contribution < -0.4 is 0 Å². The average molecular weight is 1870 g/mol. The van der Waals surface area contributed by atoms with Crippen molar-refractivity contribution in [1.82, 2.24) is 0 Å². The highest BCUT2D eigenvalue weighted by Gasteiger charge is 2.30. The fraction of sp³-hybridized carbons (Fsp3) is 0.690. The minimum Gasteiger partial charge on any atom is -0.463 e. The summed E-state index contributed by atoms with van der Waals surface area (Å²) in [7, 11) is -9.82. The minimum absolute atomic E-state index is 0.0998. The Balaban J connectivity index is 4.62. The van der Waals surface area contributed by atoms with Gasteiger partial charge < -0.3 is 34.2 Å². The Hall–Kier alpha value is -5.61. The fourth-order valence-corrected chi connectivity index (χ4v) is 16.0. The van der Waals surface area contributed by atoms with Gasteiger partial charge >= 0.3 is 33.6 Å². The highest BCUT2D eigenvalue weighted by Crippen LogP contribution is 2.45. The Morgan fingerprint density at radius 2 is 0.382 bits per heavy atom. The number of aliphatic hydroxyl groups is 2. The number of allylic oxidation sites excluding steroid dienone is 32. The number of unbranched alkanes of at least 4 members (excludes halogenated alkanes) is 44. The summed E-state index contributed by atoms with van der Waals surface area (Å²) in [6, 6.07) is 0. The summed E-state index contributed by atoms with van der Waals surface area (Å²) in [6.45, 7) is 2.42. The SMILES string of the molecule is CC/C=C\C/C=C\C/C=C\C/C=C\C/C=C\C/C=C\CCCCCCCCCCCCCCCCC(=O)OCC(O)COP(=O)(O)OCC(O)COP(=O)(O)OCC(COC(=O)CCCCCCCCCCCCCCCCCCC/C=C\C/C=C\C/C=C\C/C=C\C/C=C\CC)OC(=O)CCCCCCCCCCCCCCC/C=C\C/C=C\C/C=C\C/C=C\C/C=C\CC. The van der Waals surface area contributed by atoms with Crippen molar-refractivity contribution in [2.24, 2.45) is 0 Å². The molecule has 0 aliphatic rings. The van der Waals surface area contributed by atoms with E-state index in [0.717, 1.165) is 180 Å². The fourth-order valence-electron chi connectivity index (χ4n) is 14.5. The van der Waals surface area contributed by atoms with Crippen molar-refractivity contribution in [3.8, 4) is 0 Å². The molecule has 0 fully saturated rings. The smallest absolute Gasteiger partial charge is 0.463 e. The molecule has 0 spiro atoms. The number of rotatable bonds is 99. The highest BCUT2D eigenvalue weighted by molar-refractivity contribution is 7.47. The van der Waals surface area contributed by atoms with E-state index in [1.54, 1.807) is 0 Å². The predicted molar refractivity (Wildman–Crippen MR) is 555 cm³/mol. The van der Waals surface area contributed by atoms with Gasteiger partial charge in [-0.3, -0.25) is 32.5 Å². The number of phosphoric ester groups is 2. The molecule has 0 aliphatic heterocycles. The molecule has 0 aliphatic carbocycles. The molecule has 0 radical (unpaired) electrons. The van der Waals surface area contributed by atoms with E-state index in [2.05, 4.69) is 215 Å². The molecule has 0 rings (SSSR count). The Kier molecular flexibility index (Phi) is 98.9. The molecule has 0 saturated heterocycles. The van der Waals surface area contributed by atoms with E-state index in [4.69, 9.17) is 32.3 Å². The molecule has 0 aromatic heterocycles. The molecule has 5 atom stereocenters. The van der Waals surface area contributed by atoms with Gasteiger partial charge in [-0.15, -0.1) is 0 Å². The molecule has 4 N–H and O–H groups in total. The van der Waals surface area contributed by atoms with Crippen molar-refractivity contribution < 1.29 is 75.8 Å². The lowest BCUT2D eigenvalue weighted by atomic mass is 10.0. The normalized spacial score (nSPS) is 14.4. The number of phosphoric acid groups is 2. The number of esters is 3. The van der Waals surface area contributed by atoms with E-state index in [9.17, 15) is 43.5 Å². The monoisotopic (exact) mass is 1870 g/mol. The van der Waals surface area contributed by atoms with Gasteiger partial charge in [0.25, 0.3) is 0 Å². The molecular formula is C113H192O16P2. The van der Waals surface area contributed by atoms with Gasteiger partial charge in [-0.2, -0.15) is 0 Å². The van der Waals surface area contributed by atoms with E-state index < -0.39 is 91.5 Å². The summed E-state index contributed by atoms with van der Waals surface area (Å²) in [5, 5.41) is 20.8. The summed E-state index contributed by atoms with van der Waals surface area (Å²) in [4.78, 5) is 59.3. The van der Waals surface area contributed by atoms with Crippen molar-refractivity contribution in [2.75, 3.05) is 39.6 Å². The first-order chi connectivity index (χ1) is 64.2. The van der Waals surface area contributed by atoms with Crippen LogP contribution in [0.5, 0.6) is 0 Å². The van der Waals surface area contributed by atoms with Gasteiger partial charge in [0.2, 0.25) is 0 Å². The van der Waals surface area contributed by atoms with Gasteiger partial charge in [-0.1, -0.05) is 459 Å². The van der Waals surface area contributed by atoms with Gasteiger partial charge in [0, 0.05) is 19.3 Å². The summed E-state index contributed by atoms with van der Waals surface area (Å²) >= 11 is 0. The second kappa shape index (κ2) is 103. The maximum atomic E-state index is 13.1. The third kappa shape index (κ3) is 105. The zero-order valence-corrected chi connectivity index (χ0v) is 85.0. The number of carbonyl (C=O) groups excluding carboxylic acids is 3. The first kappa shape index (κ1) is 125. The molecule has 5 unspecified atom stereocenters. The maximum absolute atomic E-state index is 13.1. The van der Waals surface area contributed by atoms with Crippen LogP contribution in [-0.4, -0.2) is 95.9 Å². The molecule has 0 aromatic rings. The Morgan fingerprint density at radius 1 is 0.214 bits per heavy atom. The van der Waals surface area contributed by atoms with Crippen molar-refractivity contribution in [1.29, 1.82) is 0 Å². The molecule has 750 valence electrons. The molecule has 0 bridgehead atoms. The lowest BCUT2D eigenvalue weighted by Gasteiger charge is -2.21. The number of ether oxygens (including phenoxy) is 3. The summed E-state index contributed by atoms with van der Waals surface area (Å²) < 4.78 is 61.8. The highest BCUT2D eigenvalue weighted by atomic mass is 31.2. The van der Waals surface area contributed by atoms with Gasteiger partial charge in [-0.25, -0.2) is 9.13 Å². The Labute approximate surface area is 801 Å². The van der Waals surface area contributed by atoms with Crippen molar-refractivity contribution in [2.45, 2.75) is 463 Å². The molecule has 0 aromatic carbocycles. The molecule has 0 saturated carbocycles. The lowest BCUT2D eigenvalue weighted by Crippen LogP contribution is -2.30. The third-order valence-corrected chi connectivity index (χ3v) is 24.2. The maximum Gasteiger partial charge on any atom is 0.472 e. The topological polar surface area (TPSA) is 231 Å². The van der Waals surface area contributed by atoms with Crippen LogP contribution in [0.2, 0.25) is 0 Å².